The van der Waals surface area contributed by atoms with Gasteiger partial charge in [-0.05, 0) is 25.0 Å². The Morgan fingerprint density at radius 1 is 1.29 bits per heavy atom. The first-order valence-corrected chi connectivity index (χ1v) is 6.97. The van der Waals surface area contributed by atoms with Crippen molar-refractivity contribution in [3.8, 4) is 0 Å². The van der Waals surface area contributed by atoms with Gasteiger partial charge < -0.3 is 15.2 Å². The van der Waals surface area contributed by atoms with Gasteiger partial charge in [0.25, 0.3) is 0 Å². The third-order valence-electron chi connectivity index (χ3n) is 3.75. The summed E-state index contributed by atoms with van der Waals surface area (Å²) in [5, 5.41) is 20.1. The Balaban J connectivity index is 2.12. The number of ether oxygens (including phenoxy) is 1. The van der Waals surface area contributed by atoms with Gasteiger partial charge in [-0.1, -0.05) is 19.3 Å². The molecule has 0 unspecified atom stereocenters. The average Bonchev–Trinajstić information content (AvgIpc) is 2.47. The molecule has 7 heteroatoms. The Morgan fingerprint density at radius 2 is 2.00 bits per heavy atom. The van der Waals surface area contributed by atoms with E-state index in [1.807, 2.05) is 0 Å². The van der Waals surface area contributed by atoms with Gasteiger partial charge in [0, 0.05) is 5.54 Å². The van der Waals surface area contributed by atoms with E-state index in [0.29, 0.717) is 5.82 Å². The zero-order valence-electron chi connectivity index (χ0n) is 12.0. The number of carboxylic acids is 1. The molecule has 0 aliphatic heterocycles. The summed E-state index contributed by atoms with van der Waals surface area (Å²) in [4.78, 5) is 22.4. The van der Waals surface area contributed by atoms with Crippen molar-refractivity contribution in [2.45, 2.75) is 44.1 Å². The van der Waals surface area contributed by atoms with Gasteiger partial charge in [0.2, 0.25) is 0 Å². The Labute approximate surface area is 122 Å². The van der Waals surface area contributed by atoms with Crippen molar-refractivity contribution in [2.75, 3.05) is 12.4 Å². The van der Waals surface area contributed by atoms with Gasteiger partial charge in [-0.2, -0.15) is 0 Å². The smallest absolute Gasteiger partial charge is 0.358 e. The van der Waals surface area contributed by atoms with Crippen molar-refractivity contribution in [1.29, 1.82) is 0 Å². The van der Waals surface area contributed by atoms with E-state index in [-0.39, 0.29) is 12.1 Å². The standard InChI is InChI=1S/C14H19N3O4/c1-21-13(20)10-5-6-11(17-16-10)15-14(9-12(18)19)7-3-2-4-8-14/h5-6H,2-4,7-9H2,1H3,(H,15,17)(H,18,19). The van der Waals surface area contributed by atoms with E-state index < -0.39 is 17.5 Å². The number of hydrogen-bond acceptors (Lipinski definition) is 6. The number of carbonyl (C=O) groups is 2. The van der Waals surface area contributed by atoms with E-state index in [4.69, 9.17) is 5.11 Å². The number of carbonyl (C=O) groups excluding carboxylic acids is 1. The second kappa shape index (κ2) is 6.51. The second-order valence-electron chi connectivity index (χ2n) is 5.33. The first-order valence-electron chi connectivity index (χ1n) is 6.97. The number of aliphatic carboxylic acids is 1. The molecule has 0 spiro atoms. The maximum Gasteiger partial charge on any atom is 0.358 e. The number of aromatic nitrogens is 2. The highest BCUT2D eigenvalue weighted by atomic mass is 16.5. The van der Waals surface area contributed by atoms with Gasteiger partial charge in [-0.3, -0.25) is 4.79 Å². The average molecular weight is 293 g/mol. The SMILES string of the molecule is COC(=O)c1ccc(NC2(CC(=O)O)CCCCC2)nn1. The van der Waals surface area contributed by atoms with E-state index in [1.54, 1.807) is 6.07 Å². The predicted octanol–water partition coefficient (Wildman–Crippen LogP) is 1.85. The number of hydrogen-bond donors (Lipinski definition) is 2. The maximum absolute atomic E-state index is 11.3. The van der Waals surface area contributed by atoms with Gasteiger partial charge in [-0.15, -0.1) is 10.2 Å². The lowest BCUT2D eigenvalue weighted by Crippen LogP contribution is -2.42. The van der Waals surface area contributed by atoms with Crippen LogP contribution in [0, 0.1) is 0 Å². The molecule has 7 nitrogen and oxygen atoms in total. The highest BCUT2D eigenvalue weighted by molar-refractivity contribution is 5.87. The molecule has 0 bridgehead atoms. The molecule has 1 saturated carbocycles. The minimum atomic E-state index is -0.830. The van der Waals surface area contributed by atoms with Crippen LogP contribution in [0.3, 0.4) is 0 Å². The van der Waals surface area contributed by atoms with Crippen molar-refractivity contribution < 1.29 is 19.4 Å². The molecule has 1 fully saturated rings. The highest BCUT2D eigenvalue weighted by Crippen LogP contribution is 2.33. The van der Waals surface area contributed by atoms with Crippen molar-refractivity contribution in [1.82, 2.24) is 10.2 Å². The van der Waals surface area contributed by atoms with Crippen LogP contribution in [0.4, 0.5) is 5.82 Å². The Morgan fingerprint density at radius 3 is 2.52 bits per heavy atom. The number of rotatable bonds is 5. The molecule has 0 atom stereocenters. The van der Waals surface area contributed by atoms with Crippen LogP contribution >= 0.6 is 0 Å². The van der Waals surface area contributed by atoms with E-state index >= 15 is 0 Å². The Hall–Kier alpha value is -2.18. The summed E-state index contributed by atoms with van der Waals surface area (Å²) < 4.78 is 4.56. The van der Waals surface area contributed by atoms with Crippen molar-refractivity contribution in [2.24, 2.45) is 0 Å². The summed E-state index contributed by atoms with van der Waals surface area (Å²) in [5.74, 6) is -0.902. The minimum Gasteiger partial charge on any atom is -0.481 e. The molecule has 1 aromatic rings. The number of esters is 1. The fourth-order valence-electron chi connectivity index (χ4n) is 2.75. The van der Waals surface area contributed by atoms with Crippen LogP contribution in [0.15, 0.2) is 12.1 Å². The van der Waals surface area contributed by atoms with E-state index in [9.17, 15) is 9.59 Å². The first kappa shape index (κ1) is 15.2. The summed E-state index contributed by atoms with van der Waals surface area (Å²) in [6, 6.07) is 3.13. The van der Waals surface area contributed by atoms with Gasteiger partial charge in [0.1, 0.15) is 5.82 Å². The van der Waals surface area contributed by atoms with Crippen molar-refractivity contribution in [3.05, 3.63) is 17.8 Å². The Bertz CT molecular complexity index is 509. The van der Waals surface area contributed by atoms with Crippen molar-refractivity contribution in [3.63, 3.8) is 0 Å². The molecule has 2 rings (SSSR count). The van der Waals surface area contributed by atoms with Crippen LogP contribution in [0.2, 0.25) is 0 Å². The zero-order chi connectivity index (χ0) is 15.3. The van der Waals surface area contributed by atoms with Gasteiger partial charge in [0.15, 0.2) is 5.69 Å². The summed E-state index contributed by atoms with van der Waals surface area (Å²) in [6.45, 7) is 0. The molecule has 1 heterocycles. The molecule has 0 amide bonds. The number of anilines is 1. The lowest BCUT2D eigenvalue weighted by Gasteiger charge is -2.37. The Kier molecular flexibility index (Phi) is 4.72. The van der Waals surface area contributed by atoms with Crippen LogP contribution in [-0.2, 0) is 9.53 Å². The monoisotopic (exact) mass is 293 g/mol. The summed E-state index contributed by atoms with van der Waals surface area (Å²) >= 11 is 0. The van der Waals surface area contributed by atoms with Crippen LogP contribution in [0.1, 0.15) is 49.0 Å². The topological polar surface area (TPSA) is 101 Å². The first-order chi connectivity index (χ1) is 10.0. The fourth-order valence-corrected chi connectivity index (χ4v) is 2.75. The zero-order valence-corrected chi connectivity index (χ0v) is 12.0. The fraction of sp³-hybridized carbons (Fsp3) is 0.571. The maximum atomic E-state index is 11.3. The molecule has 114 valence electrons. The molecule has 0 aromatic carbocycles. The summed E-state index contributed by atoms with van der Waals surface area (Å²) in [6.07, 6.45) is 4.74. The number of carboxylic acid groups (broad SMARTS) is 1. The molecular weight excluding hydrogens is 274 g/mol. The van der Waals surface area contributed by atoms with E-state index in [2.05, 4.69) is 20.3 Å². The highest BCUT2D eigenvalue weighted by Gasteiger charge is 2.34. The number of nitrogens with one attached hydrogen (secondary N) is 1. The molecule has 0 saturated heterocycles. The van der Waals surface area contributed by atoms with E-state index in [1.165, 1.54) is 13.2 Å². The molecular formula is C14H19N3O4. The minimum absolute atomic E-state index is 0.0490. The summed E-state index contributed by atoms with van der Waals surface area (Å²) in [5.41, 5.74) is -0.357. The summed E-state index contributed by atoms with van der Waals surface area (Å²) in [7, 11) is 1.28. The molecule has 1 aromatic heterocycles. The normalized spacial score (nSPS) is 17.0. The van der Waals surface area contributed by atoms with Crippen LogP contribution in [0.25, 0.3) is 0 Å². The number of nitrogens with zero attached hydrogens (tertiary/aromatic N) is 2. The third kappa shape index (κ3) is 3.90. The van der Waals surface area contributed by atoms with Crippen LogP contribution < -0.4 is 5.32 Å². The lowest BCUT2D eigenvalue weighted by atomic mass is 9.79. The predicted molar refractivity (Wildman–Crippen MR) is 75.1 cm³/mol. The molecule has 1 aliphatic rings. The van der Waals surface area contributed by atoms with Crippen LogP contribution in [0.5, 0.6) is 0 Å². The third-order valence-corrected chi connectivity index (χ3v) is 3.75. The van der Waals surface area contributed by atoms with E-state index in [0.717, 1.165) is 32.1 Å². The molecule has 2 N–H and O–H groups in total. The quantitative estimate of drug-likeness (QED) is 0.799. The van der Waals surface area contributed by atoms with Crippen molar-refractivity contribution >= 4 is 17.8 Å². The largest absolute Gasteiger partial charge is 0.481 e. The molecule has 1 aliphatic carbocycles. The lowest BCUT2D eigenvalue weighted by molar-refractivity contribution is -0.138. The van der Waals surface area contributed by atoms with Gasteiger partial charge in [0.05, 0.1) is 13.5 Å². The van der Waals surface area contributed by atoms with Gasteiger partial charge in [-0.25, -0.2) is 4.79 Å². The van der Waals surface area contributed by atoms with Gasteiger partial charge >= 0.3 is 11.9 Å². The second-order valence-corrected chi connectivity index (χ2v) is 5.33. The van der Waals surface area contributed by atoms with Crippen LogP contribution in [-0.4, -0.2) is 39.9 Å². The molecule has 0 radical (unpaired) electrons. The molecule has 21 heavy (non-hydrogen) atoms. The number of methoxy groups -OCH3 is 1.